The van der Waals surface area contributed by atoms with Gasteiger partial charge in [0.1, 0.15) is 11.5 Å². The summed E-state index contributed by atoms with van der Waals surface area (Å²) in [7, 11) is 1.57. The summed E-state index contributed by atoms with van der Waals surface area (Å²) in [5, 5.41) is 0. The highest BCUT2D eigenvalue weighted by atomic mass is 16.5. The van der Waals surface area contributed by atoms with Crippen molar-refractivity contribution >= 4 is 17.9 Å². The quantitative estimate of drug-likeness (QED) is 0.618. The Labute approximate surface area is 152 Å². The van der Waals surface area contributed by atoms with Crippen LogP contribution in [0.2, 0.25) is 0 Å². The van der Waals surface area contributed by atoms with Crippen LogP contribution in [0.4, 0.5) is 0 Å². The standard InChI is InChI=1S/C20H22N2O4/c1-4-26-17-9-6-15(7-10-17)20(24)22-21-19(23)12-8-16-13-14(2)5-11-18(16)25-3/h5-13H,4H2,1-3H3,(H,21,23)(H,22,24)/b12-8+. The van der Waals surface area contributed by atoms with Crippen LogP contribution in [0.5, 0.6) is 11.5 Å². The molecule has 2 amide bonds. The number of rotatable bonds is 6. The van der Waals surface area contributed by atoms with Gasteiger partial charge in [-0.1, -0.05) is 11.6 Å². The fraction of sp³-hybridized carbons (Fsp3) is 0.200. The number of hydrogen-bond acceptors (Lipinski definition) is 4. The first-order valence-electron chi connectivity index (χ1n) is 8.19. The maximum atomic E-state index is 12.0. The molecule has 0 heterocycles. The number of hydrazine groups is 1. The molecule has 0 unspecified atom stereocenters. The maximum Gasteiger partial charge on any atom is 0.269 e. The molecule has 0 atom stereocenters. The Morgan fingerprint density at radius 2 is 1.81 bits per heavy atom. The monoisotopic (exact) mass is 354 g/mol. The van der Waals surface area contributed by atoms with Crippen LogP contribution in [0.3, 0.4) is 0 Å². The smallest absolute Gasteiger partial charge is 0.269 e. The van der Waals surface area contributed by atoms with Gasteiger partial charge in [-0.25, -0.2) is 0 Å². The number of nitrogens with one attached hydrogen (secondary N) is 2. The first-order chi connectivity index (χ1) is 12.5. The van der Waals surface area contributed by atoms with Crippen LogP contribution in [0.25, 0.3) is 6.08 Å². The SMILES string of the molecule is CCOc1ccc(C(=O)NNC(=O)/C=C/c2cc(C)ccc2OC)cc1. The predicted octanol–water partition coefficient (Wildman–Crippen LogP) is 2.88. The number of ether oxygens (including phenoxy) is 2. The lowest BCUT2D eigenvalue weighted by molar-refractivity contribution is -0.117. The largest absolute Gasteiger partial charge is 0.496 e. The Bertz CT molecular complexity index is 798. The third-order valence-corrected chi connectivity index (χ3v) is 3.53. The average Bonchev–Trinajstić information content (AvgIpc) is 2.65. The first-order valence-corrected chi connectivity index (χ1v) is 8.19. The molecule has 0 saturated heterocycles. The molecule has 0 aliphatic heterocycles. The van der Waals surface area contributed by atoms with Crippen molar-refractivity contribution < 1.29 is 19.1 Å². The predicted molar refractivity (Wildman–Crippen MR) is 100.0 cm³/mol. The van der Waals surface area contributed by atoms with E-state index in [4.69, 9.17) is 9.47 Å². The Kier molecular flexibility index (Phi) is 6.79. The van der Waals surface area contributed by atoms with E-state index in [0.29, 0.717) is 23.7 Å². The average molecular weight is 354 g/mol. The third-order valence-electron chi connectivity index (χ3n) is 3.53. The minimum atomic E-state index is -0.451. The lowest BCUT2D eigenvalue weighted by Crippen LogP contribution is -2.40. The van der Waals surface area contributed by atoms with Gasteiger partial charge in [0.2, 0.25) is 0 Å². The molecule has 2 aromatic rings. The Hall–Kier alpha value is -3.28. The molecule has 0 bridgehead atoms. The van der Waals surface area contributed by atoms with E-state index in [0.717, 1.165) is 11.1 Å². The normalized spacial score (nSPS) is 10.4. The van der Waals surface area contributed by atoms with Gasteiger partial charge in [-0.05, 0) is 56.3 Å². The van der Waals surface area contributed by atoms with Gasteiger partial charge in [0, 0.05) is 17.2 Å². The second-order valence-corrected chi connectivity index (χ2v) is 5.48. The number of benzene rings is 2. The molecule has 6 heteroatoms. The lowest BCUT2D eigenvalue weighted by Gasteiger charge is -2.07. The van der Waals surface area contributed by atoms with Gasteiger partial charge < -0.3 is 9.47 Å². The summed E-state index contributed by atoms with van der Waals surface area (Å²) in [6.45, 7) is 4.39. The van der Waals surface area contributed by atoms with E-state index in [2.05, 4.69) is 10.9 Å². The Balaban J connectivity index is 1.92. The summed E-state index contributed by atoms with van der Waals surface area (Å²) < 4.78 is 10.6. The molecule has 136 valence electrons. The van der Waals surface area contributed by atoms with E-state index < -0.39 is 11.8 Å². The lowest BCUT2D eigenvalue weighted by atomic mass is 10.1. The Morgan fingerprint density at radius 1 is 1.08 bits per heavy atom. The van der Waals surface area contributed by atoms with E-state index in [1.165, 1.54) is 6.08 Å². The second-order valence-electron chi connectivity index (χ2n) is 5.48. The molecule has 0 saturated carbocycles. The van der Waals surface area contributed by atoms with Gasteiger partial charge in [-0.15, -0.1) is 0 Å². The van der Waals surface area contributed by atoms with Crippen LogP contribution >= 0.6 is 0 Å². The molecule has 0 aromatic heterocycles. The molecular formula is C20H22N2O4. The molecule has 2 N–H and O–H groups in total. The van der Waals surface area contributed by atoms with E-state index in [9.17, 15) is 9.59 Å². The zero-order valence-electron chi connectivity index (χ0n) is 15.0. The molecule has 6 nitrogen and oxygen atoms in total. The highest BCUT2D eigenvalue weighted by Gasteiger charge is 2.06. The molecule has 2 rings (SSSR count). The number of aryl methyl sites for hydroxylation is 1. The maximum absolute atomic E-state index is 12.0. The van der Waals surface area contributed by atoms with Gasteiger partial charge in [-0.2, -0.15) is 0 Å². The van der Waals surface area contributed by atoms with Crippen LogP contribution in [0.1, 0.15) is 28.4 Å². The molecule has 2 aromatic carbocycles. The molecule has 26 heavy (non-hydrogen) atoms. The van der Waals surface area contributed by atoms with Crippen molar-refractivity contribution in [3.63, 3.8) is 0 Å². The van der Waals surface area contributed by atoms with Crippen molar-refractivity contribution in [2.75, 3.05) is 13.7 Å². The van der Waals surface area contributed by atoms with Gasteiger partial charge >= 0.3 is 0 Å². The van der Waals surface area contributed by atoms with E-state index in [1.807, 2.05) is 32.0 Å². The second kappa shape index (κ2) is 9.27. The number of amides is 2. The summed E-state index contributed by atoms with van der Waals surface area (Å²) >= 11 is 0. The van der Waals surface area contributed by atoms with Crippen LogP contribution in [-0.2, 0) is 4.79 Å². The zero-order valence-corrected chi connectivity index (χ0v) is 15.0. The van der Waals surface area contributed by atoms with Crippen LogP contribution in [0, 0.1) is 6.92 Å². The number of carbonyl (C=O) groups is 2. The summed E-state index contributed by atoms with van der Waals surface area (Å²) in [6.07, 6.45) is 2.96. The first kappa shape index (κ1) is 19.1. The summed E-state index contributed by atoms with van der Waals surface area (Å²) in [4.78, 5) is 23.9. The van der Waals surface area contributed by atoms with Crippen molar-refractivity contribution in [2.45, 2.75) is 13.8 Å². The van der Waals surface area contributed by atoms with Gasteiger partial charge in [0.15, 0.2) is 0 Å². The molecular weight excluding hydrogens is 332 g/mol. The number of carbonyl (C=O) groups excluding carboxylic acids is 2. The summed E-state index contributed by atoms with van der Waals surface area (Å²) in [6, 6.07) is 12.3. The van der Waals surface area contributed by atoms with Crippen LogP contribution < -0.4 is 20.3 Å². The minimum Gasteiger partial charge on any atom is -0.496 e. The number of methoxy groups -OCH3 is 1. The molecule has 0 spiro atoms. The van der Waals surface area contributed by atoms with Crippen LogP contribution in [0.15, 0.2) is 48.5 Å². The fourth-order valence-electron chi connectivity index (χ4n) is 2.25. The number of hydrogen-bond donors (Lipinski definition) is 2. The molecule has 0 aliphatic carbocycles. The molecule has 0 fully saturated rings. The molecule has 0 radical (unpaired) electrons. The van der Waals surface area contributed by atoms with Gasteiger partial charge in [0.05, 0.1) is 13.7 Å². The van der Waals surface area contributed by atoms with Crippen molar-refractivity contribution in [3.05, 3.63) is 65.2 Å². The third kappa shape index (κ3) is 5.37. The van der Waals surface area contributed by atoms with Crippen molar-refractivity contribution in [1.29, 1.82) is 0 Å². The van der Waals surface area contributed by atoms with Crippen molar-refractivity contribution in [3.8, 4) is 11.5 Å². The van der Waals surface area contributed by atoms with Gasteiger partial charge in [0.25, 0.3) is 11.8 Å². The topological polar surface area (TPSA) is 76.7 Å². The zero-order chi connectivity index (χ0) is 18.9. The Morgan fingerprint density at radius 3 is 2.46 bits per heavy atom. The fourth-order valence-corrected chi connectivity index (χ4v) is 2.25. The van der Waals surface area contributed by atoms with E-state index in [-0.39, 0.29) is 0 Å². The van der Waals surface area contributed by atoms with Crippen LogP contribution in [-0.4, -0.2) is 25.5 Å². The minimum absolute atomic E-state index is 0.414. The van der Waals surface area contributed by atoms with Gasteiger partial charge in [-0.3, -0.25) is 20.4 Å². The molecule has 0 aliphatic rings. The van der Waals surface area contributed by atoms with Crippen molar-refractivity contribution in [2.24, 2.45) is 0 Å². The van der Waals surface area contributed by atoms with E-state index in [1.54, 1.807) is 37.5 Å². The van der Waals surface area contributed by atoms with E-state index >= 15 is 0 Å². The highest BCUT2D eigenvalue weighted by molar-refractivity contribution is 5.98. The highest BCUT2D eigenvalue weighted by Crippen LogP contribution is 2.20. The van der Waals surface area contributed by atoms with Crippen molar-refractivity contribution in [1.82, 2.24) is 10.9 Å². The summed E-state index contributed by atoms with van der Waals surface area (Å²) in [5.74, 6) is 0.483. The summed E-state index contributed by atoms with van der Waals surface area (Å²) in [5.41, 5.74) is 6.95.